The van der Waals surface area contributed by atoms with Gasteiger partial charge in [-0.25, -0.2) is 9.97 Å². The van der Waals surface area contributed by atoms with Crippen molar-refractivity contribution in [3.05, 3.63) is 15.4 Å². The maximum atomic E-state index is 9.04. The molecule has 0 bridgehead atoms. The Bertz CT molecular complexity index is 305. The van der Waals surface area contributed by atoms with Crippen LogP contribution in [0.25, 0.3) is 0 Å². The molecule has 0 radical (unpaired) electrons. The van der Waals surface area contributed by atoms with Crippen molar-refractivity contribution in [2.45, 2.75) is 0 Å². The van der Waals surface area contributed by atoms with Gasteiger partial charge in [0, 0.05) is 0 Å². The van der Waals surface area contributed by atoms with Crippen molar-refractivity contribution < 1.29 is 5.21 Å². The van der Waals surface area contributed by atoms with Gasteiger partial charge in [-0.05, 0) is 31.9 Å². The van der Waals surface area contributed by atoms with Crippen LogP contribution >= 0.6 is 31.9 Å². The number of aromatic nitrogens is 2. The zero-order valence-electron chi connectivity index (χ0n) is 5.70. The van der Waals surface area contributed by atoms with Crippen LogP contribution < -0.4 is 5.06 Å². The minimum atomic E-state index is 0.174. The number of rotatable bonds is 2. The third-order valence-corrected chi connectivity index (χ3v) is 1.94. The molecule has 1 heterocycles. The van der Waals surface area contributed by atoms with E-state index in [0.717, 1.165) is 6.34 Å². The van der Waals surface area contributed by atoms with E-state index in [1.54, 1.807) is 0 Å². The number of hydroxylamine groups is 1. The third-order valence-electron chi connectivity index (χ3n) is 1.02. The summed E-state index contributed by atoms with van der Waals surface area (Å²) in [5, 5.41) is 16.3. The first-order chi connectivity index (χ1) is 5.65. The standard InChI is InChI=1S/C5H4Br2N4O/c6-3-1-9-5(4(7)10-3)11(12)2-8/h1-2,8,12H. The summed E-state index contributed by atoms with van der Waals surface area (Å²) in [6, 6.07) is 0. The van der Waals surface area contributed by atoms with Gasteiger partial charge in [0.2, 0.25) is 0 Å². The summed E-state index contributed by atoms with van der Waals surface area (Å²) in [4.78, 5) is 7.73. The van der Waals surface area contributed by atoms with Gasteiger partial charge >= 0.3 is 0 Å². The van der Waals surface area contributed by atoms with Crippen LogP contribution in [0.2, 0.25) is 0 Å². The molecule has 1 rings (SSSR count). The maximum absolute atomic E-state index is 9.04. The van der Waals surface area contributed by atoms with Crippen molar-refractivity contribution in [1.29, 1.82) is 5.41 Å². The molecule has 0 atom stereocenters. The fraction of sp³-hybridized carbons (Fsp3) is 0. The van der Waals surface area contributed by atoms with Crippen LogP contribution in [-0.4, -0.2) is 21.5 Å². The van der Waals surface area contributed by atoms with Crippen molar-refractivity contribution >= 4 is 44.0 Å². The predicted octanol–water partition coefficient (Wildman–Crippen LogP) is 1.80. The van der Waals surface area contributed by atoms with E-state index < -0.39 is 0 Å². The summed E-state index contributed by atoms with van der Waals surface area (Å²) in [6.07, 6.45) is 2.15. The Morgan fingerprint density at radius 2 is 2.25 bits per heavy atom. The van der Waals surface area contributed by atoms with E-state index in [1.165, 1.54) is 6.20 Å². The monoisotopic (exact) mass is 294 g/mol. The van der Waals surface area contributed by atoms with Crippen LogP contribution in [0, 0.1) is 5.41 Å². The highest BCUT2D eigenvalue weighted by Gasteiger charge is 2.08. The van der Waals surface area contributed by atoms with Gasteiger partial charge < -0.3 is 0 Å². The molecule has 0 fully saturated rings. The smallest absolute Gasteiger partial charge is 0.192 e. The highest BCUT2D eigenvalue weighted by Crippen LogP contribution is 2.20. The number of anilines is 1. The van der Waals surface area contributed by atoms with Gasteiger partial charge in [0.05, 0.1) is 6.20 Å². The van der Waals surface area contributed by atoms with E-state index in [4.69, 9.17) is 10.6 Å². The van der Waals surface area contributed by atoms with E-state index in [9.17, 15) is 0 Å². The lowest BCUT2D eigenvalue weighted by atomic mass is 10.6. The lowest BCUT2D eigenvalue weighted by molar-refractivity contribution is 0.311. The SMILES string of the molecule is N=CN(O)c1ncc(Br)nc1Br. The van der Waals surface area contributed by atoms with E-state index in [1.807, 2.05) is 0 Å². The summed E-state index contributed by atoms with van der Waals surface area (Å²) in [6.45, 7) is 0. The van der Waals surface area contributed by atoms with Gasteiger partial charge in [-0.1, -0.05) is 0 Å². The maximum Gasteiger partial charge on any atom is 0.192 e. The average molecular weight is 296 g/mol. The molecule has 0 amide bonds. The van der Waals surface area contributed by atoms with Crippen LogP contribution in [0.4, 0.5) is 5.82 Å². The van der Waals surface area contributed by atoms with Crippen LogP contribution in [0.5, 0.6) is 0 Å². The first-order valence-corrected chi connectivity index (χ1v) is 4.40. The fourth-order valence-corrected chi connectivity index (χ4v) is 1.55. The Hall–Kier alpha value is -0.530. The van der Waals surface area contributed by atoms with Gasteiger partial charge in [0.1, 0.15) is 10.9 Å². The number of nitrogens with zero attached hydrogens (tertiary/aromatic N) is 3. The largest absolute Gasteiger partial charge is 0.289 e. The summed E-state index contributed by atoms with van der Waals surface area (Å²) < 4.78 is 0.916. The summed E-state index contributed by atoms with van der Waals surface area (Å²) in [7, 11) is 0. The molecule has 5 nitrogen and oxygen atoms in total. The first kappa shape index (κ1) is 9.56. The highest BCUT2D eigenvalue weighted by atomic mass is 79.9. The summed E-state index contributed by atoms with van der Waals surface area (Å²) >= 11 is 6.19. The number of hydrogen-bond donors (Lipinski definition) is 2. The quantitative estimate of drug-likeness (QED) is 0.496. The third kappa shape index (κ3) is 1.99. The molecule has 1 aromatic heterocycles. The number of nitrogens with one attached hydrogen (secondary N) is 1. The van der Waals surface area contributed by atoms with Crippen LogP contribution in [-0.2, 0) is 0 Å². The van der Waals surface area contributed by atoms with Gasteiger partial charge in [-0.3, -0.25) is 10.6 Å². The Morgan fingerprint density at radius 1 is 1.58 bits per heavy atom. The Labute approximate surface area is 85.2 Å². The van der Waals surface area contributed by atoms with Crippen LogP contribution in [0.3, 0.4) is 0 Å². The molecule has 0 saturated carbocycles. The lowest BCUT2D eigenvalue weighted by Gasteiger charge is -2.09. The Kier molecular flexibility index (Phi) is 3.12. The molecule has 0 aliphatic carbocycles. The molecule has 2 N–H and O–H groups in total. The van der Waals surface area contributed by atoms with E-state index in [2.05, 4.69) is 41.8 Å². The van der Waals surface area contributed by atoms with Gasteiger partial charge in [0.15, 0.2) is 10.4 Å². The molecular weight excluding hydrogens is 292 g/mol. The summed E-state index contributed by atoms with van der Waals surface area (Å²) in [5.74, 6) is 0.174. The molecular formula is C5H4Br2N4O. The van der Waals surface area contributed by atoms with Crippen molar-refractivity contribution in [3.63, 3.8) is 0 Å². The first-order valence-electron chi connectivity index (χ1n) is 2.82. The van der Waals surface area contributed by atoms with Crippen molar-refractivity contribution in [2.75, 3.05) is 5.06 Å². The zero-order valence-corrected chi connectivity index (χ0v) is 8.87. The van der Waals surface area contributed by atoms with Gasteiger partial charge in [-0.2, -0.15) is 5.06 Å². The number of halogens is 2. The molecule has 12 heavy (non-hydrogen) atoms. The van der Waals surface area contributed by atoms with E-state index >= 15 is 0 Å². The highest BCUT2D eigenvalue weighted by molar-refractivity contribution is 9.11. The second kappa shape index (κ2) is 3.92. The Morgan fingerprint density at radius 3 is 2.75 bits per heavy atom. The molecule has 0 aliphatic heterocycles. The van der Waals surface area contributed by atoms with Gasteiger partial charge in [-0.15, -0.1) is 0 Å². The summed E-state index contributed by atoms with van der Waals surface area (Å²) in [5.41, 5.74) is 0. The van der Waals surface area contributed by atoms with E-state index in [-0.39, 0.29) is 5.82 Å². The molecule has 0 saturated heterocycles. The van der Waals surface area contributed by atoms with Crippen molar-refractivity contribution in [2.24, 2.45) is 0 Å². The Balaban J connectivity index is 3.09. The molecule has 0 unspecified atom stereocenters. The molecule has 7 heteroatoms. The van der Waals surface area contributed by atoms with Crippen molar-refractivity contribution in [3.8, 4) is 0 Å². The zero-order chi connectivity index (χ0) is 9.14. The molecule has 0 aromatic carbocycles. The second-order valence-electron chi connectivity index (χ2n) is 1.78. The number of hydrogen-bond acceptors (Lipinski definition) is 4. The normalized spacial score (nSPS) is 9.58. The minimum Gasteiger partial charge on any atom is -0.289 e. The molecule has 1 aromatic rings. The average Bonchev–Trinajstić information content (AvgIpc) is 2.03. The molecule has 0 aliphatic rings. The lowest BCUT2D eigenvalue weighted by Crippen LogP contribution is -2.16. The van der Waals surface area contributed by atoms with Crippen molar-refractivity contribution in [1.82, 2.24) is 9.97 Å². The predicted molar refractivity (Wildman–Crippen MR) is 50.5 cm³/mol. The fourth-order valence-electron chi connectivity index (χ4n) is 0.555. The van der Waals surface area contributed by atoms with E-state index in [0.29, 0.717) is 14.3 Å². The second-order valence-corrected chi connectivity index (χ2v) is 3.34. The molecule has 64 valence electrons. The van der Waals surface area contributed by atoms with Crippen LogP contribution in [0.1, 0.15) is 0 Å². The molecule has 0 spiro atoms. The van der Waals surface area contributed by atoms with Gasteiger partial charge in [0.25, 0.3) is 0 Å². The minimum absolute atomic E-state index is 0.174. The van der Waals surface area contributed by atoms with Crippen LogP contribution in [0.15, 0.2) is 15.4 Å². The topological polar surface area (TPSA) is 73.1 Å².